The van der Waals surface area contributed by atoms with E-state index in [1.54, 1.807) is 0 Å². The van der Waals surface area contributed by atoms with Crippen molar-refractivity contribution in [2.45, 2.75) is 13.0 Å². The zero-order valence-electron chi connectivity index (χ0n) is 11.0. The monoisotopic (exact) mass is 254 g/mol. The summed E-state index contributed by atoms with van der Waals surface area (Å²) in [5.41, 5.74) is 8.67. The van der Waals surface area contributed by atoms with Gasteiger partial charge in [0.2, 0.25) is 5.91 Å². The van der Waals surface area contributed by atoms with Crippen LogP contribution in [0.2, 0.25) is 0 Å². The fraction of sp³-hybridized carbons (Fsp3) is 0.188. The third kappa shape index (κ3) is 3.66. The van der Waals surface area contributed by atoms with E-state index in [9.17, 15) is 4.79 Å². The minimum absolute atomic E-state index is 0.0192. The normalized spacial score (nSPS) is 12.1. The number of carbonyl (C=O) groups excluding carboxylic acids is 1. The molecule has 1 atom stereocenters. The number of nitrogens with one attached hydrogen (secondary N) is 1. The standard InChI is InChI=1S/C16H18N2O/c1-12-7-9-14(10-8-12)16(18-11-15(17)19)13-5-3-2-4-6-13/h2-10,16,18H,11H2,1H3,(H2,17,19)/t16-/m1/s1. The smallest absolute Gasteiger partial charge is 0.231 e. The number of rotatable bonds is 5. The largest absolute Gasteiger partial charge is 0.369 e. The number of hydrogen-bond acceptors (Lipinski definition) is 2. The summed E-state index contributed by atoms with van der Waals surface area (Å²) in [6.45, 7) is 2.21. The molecule has 0 heterocycles. The molecule has 3 heteroatoms. The van der Waals surface area contributed by atoms with Crippen LogP contribution in [0.15, 0.2) is 54.6 Å². The van der Waals surface area contributed by atoms with Crippen molar-refractivity contribution in [2.75, 3.05) is 6.54 Å². The molecule has 0 fully saturated rings. The van der Waals surface area contributed by atoms with Crippen molar-refractivity contribution in [3.05, 3.63) is 71.3 Å². The lowest BCUT2D eigenvalue weighted by molar-refractivity contribution is -0.117. The number of benzene rings is 2. The molecule has 3 nitrogen and oxygen atoms in total. The van der Waals surface area contributed by atoms with Gasteiger partial charge in [0.15, 0.2) is 0 Å². The summed E-state index contributed by atoms with van der Waals surface area (Å²) in [6, 6.07) is 18.3. The van der Waals surface area contributed by atoms with E-state index in [1.165, 1.54) is 5.56 Å². The van der Waals surface area contributed by atoms with Crippen LogP contribution in [0.5, 0.6) is 0 Å². The van der Waals surface area contributed by atoms with Gasteiger partial charge in [-0.05, 0) is 18.1 Å². The average molecular weight is 254 g/mol. The summed E-state index contributed by atoms with van der Waals surface area (Å²) >= 11 is 0. The van der Waals surface area contributed by atoms with Gasteiger partial charge in [-0.15, -0.1) is 0 Å². The molecule has 0 unspecified atom stereocenters. The van der Waals surface area contributed by atoms with Crippen molar-refractivity contribution in [1.29, 1.82) is 0 Å². The van der Waals surface area contributed by atoms with Gasteiger partial charge in [0.25, 0.3) is 0 Å². The van der Waals surface area contributed by atoms with Crippen LogP contribution in [0.4, 0.5) is 0 Å². The summed E-state index contributed by atoms with van der Waals surface area (Å²) in [6.07, 6.45) is 0. The van der Waals surface area contributed by atoms with E-state index < -0.39 is 0 Å². The maximum Gasteiger partial charge on any atom is 0.231 e. The van der Waals surface area contributed by atoms with Crippen LogP contribution in [0.25, 0.3) is 0 Å². The van der Waals surface area contributed by atoms with Crippen molar-refractivity contribution >= 4 is 5.91 Å². The van der Waals surface area contributed by atoms with Crippen molar-refractivity contribution in [2.24, 2.45) is 5.73 Å². The van der Waals surface area contributed by atoms with Gasteiger partial charge in [-0.3, -0.25) is 10.1 Å². The number of primary amides is 1. The second-order valence-electron chi connectivity index (χ2n) is 4.60. The summed E-state index contributed by atoms with van der Waals surface area (Å²) in [4.78, 5) is 11.0. The van der Waals surface area contributed by atoms with Gasteiger partial charge in [0.1, 0.15) is 0 Å². The molecule has 0 bridgehead atoms. The van der Waals surface area contributed by atoms with Crippen molar-refractivity contribution in [3.63, 3.8) is 0 Å². The van der Waals surface area contributed by atoms with E-state index in [1.807, 2.05) is 30.3 Å². The Kier molecular flexibility index (Phi) is 4.31. The fourth-order valence-corrected chi connectivity index (χ4v) is 2.04. The van der Waals surface area contributed by atoms with Gasteiger partial charge >= 0.3 is 0 Å². The van der Waals surface area contributed by atoms with Gasteiger partial charge in [-0.1, -0.05) is 60.2 Å². The fourth-order valence-electron chi connectivity index (χ4n) is 2.04. The quantitative estimate of drug-likeness (QED) is 0.859. The van der Waals surface area contributed by atoms with Gasteiger partial charge in [-0.2, -0.15) is 0 Å². The predicted molar refractivity (Wildman–Crippen MR) is 76.7 cm³/mol. The molecule has 0 aromatic heterocycles. The predicted octanol–water partition coefficient (Wildman–Crippen LogP) is 2.16. The summed E-state index contributed by atoms with van der Waals surface area (Å²) < 4.78 is 0. The molecule has 0 aliphatic heterocycles. The van der Waals surface area contributed by atoms with Crippen LogP contribution in [-0.4, -0.2) is 12.5 Å². The van der Waals surface area contributed by atoms with Crippen LogP contribution in [0, 0.1) is 6.92 Å². The first-order chi connectivity index (χ1) is 9.16. The van der Waals surface area contributed by atoms with Crippen LogP contribution in [0.3, 0.4) is 0 Å². The molecular weight excluding hydrogens is 236 g/mol. The second-order valence-corrected chi connectivity index (χ2v) is 4.60. The molecule has 2 aromatic carbocycles. The Morgan fingerprint density at radius 1 is 1.05 bits per heavy atom. The first-order valence-corrected chi connectivity index (χ1v) is 6.30. The Labute approximate surface area is 113 Å². The zero-order chi connectivity index (χ0) is 13.7. The first kappa shape index (κ1) is 13.3. The Balaban J connectivity index is 2.28. The highest BCUT2D eigenvalue weighted by atomic mass is 16.1. The number of hydrogen-bond donors (Lipinski definition) is 2. The topological polar surface area (TPSA) is 55.1 Å². The SMILES string of the molecule is Cc1ccc([C@H](NCC(N)=O)c2ccccc2)cc1. The molecule has 0 aliphatic rings. The van der Waals surface area contributed by atoms with Crippen molar-refractivity contribution < 1.29 is 4.79 Å². The van der Waals surface area contributed by atoms with E-state index in [2.05, 4.69) is 36.5 Å². The van der Waals surface area contributed by atoms with Crippen LogP contribution < -0.4 is 11.1 Å². The van der Waals surface area contributed by atoms with Crippen LogP contribution in [-0.2, 0) is 4.79 Å². The lowest BCUT2D eigenvalue weighted by atomic mass is 9.98. The summed E-state index contributed by atoms with van der Waals surface area (Å²) in [7, 11) is 0. The van der Waals surface area contributed by atoms with E-state index in [4.69, 9.17) is 5.73 Å². The summed E-state index contributed by atoms with van der Waals surface area (Å²) in [5, 5.41) is 3.20. The highest BCUT2D eigenvalue weighted by molar-refractivity contribution is 5.76. The molecule has 0 radical (unpaired) electrons. The lowest BCUT2D eigenvalue weighted by Gasteiger charge is -2.19. The van der Waals surface area contributed by atoms with Crippen molar-refractivity contribution in [1.82, 2.24) is 5.32 Å². The zero-order valence-corrected chi connectivity index (χ0v) is 11.0. The van der Waals surface area contributed by atoms with Gasteiger partial charge in [0.05, 0.1) is 12.6 Å². The average Bonchev–Trinajstić information content (AvgIpc) is 2.42. The van der Waals surface area contributed by atoms with Gasteiger partial charge in [0, 0.05) is 0 Å². The van der Waals surface area contributed by atoms with E-state index in [0.717, 1.165) is 11.1 Å². The first-order valence-electron chi connectivity index (χ1n) is 6.30. The molecule has 0 aliphatic carbocycles. The molecule has 0 saturated heterocycles. The highest BCUT2D eigenvalue weighted by Crippen LogP contribution is 2.21. The highest BCUT2D eigenvalue weighted by Gasteiger charge is 2.13. The van der Waals surface area contributed by atoms with E-state index in [-0.39, 0.29) is 18.5 Å². The Bertz CT molecular complexity index is 534. The maximum atomic E-state index is 11.0. The Morgan fingerprint density at radius 3 is 2.21 bits per heavy atom. The van der Waals surface area contributed by atoms with Crippen LogP contribution in [0.1, 0.15) is 22.7 Å². The minimum atomic E-state index is -0.354. The minimum Gasteiger partial charge on any atom is -0.369 e. The second kappa shape index (κ2) is 6.16. The third-order valence-corrected chi connectivity index (χ3v) is 3.02. The molecule has 2 rings (SSSR count). The molecule has 2 aromatic rings. The number of aryl methyl sites for hydroxylation is 1. The number of amides is 1. The molecular formula is C16H18N2O. The van der Waals surface area contributed by atoms with Gasteiger partial charge in [-0.25, -0.2) is 0 Å². The van der Waals surface area contributed by atoms with Crippen LogP contribution >= 0.6 is 0 Å². The molecule has 0 spiro atoms. The molecule has 3 N–H and O–H groups in total. The Hall–Kier alpha value is -2.13. The summed E-state index contributed by atoms with van der Waals surface area (Å²) in [5.74, 6) is -0.354. The van der Waals surface area contributed by atoms with E-state index in [0.29, 0.717) is 0 Å². The molecule has 98 valence electrons. The lowest BCUT2D eigenvalue weighted by Crippen LogP contribution is -2.32. The third-order valence-electron chi connectivity index (χ3n) is 3.02. The molecule has 19 heavy (non-hydrogen) atoms. The van der Waals surface area contributed by atoms with E-state index >= 15 is 0 Å². The molecule has 0 saturated carbocycles. The number of carbonyl (C=O) groups is 1. The maximum absolute atomic E-state index is 11.0. The number of nitrogens with two attached hydrogens (primary N) is 1. The Morgan fingerprint density at radius 2 is 1.63 bits per heavy atom. The van der Waals surface area contributed by atoms with Gasteiger partial charge < -0.3 is 5.73 Å². The van der Waals surface area contributed by atoms with Crippen molar-refractivity contribution in [3.8, 4) is 0 Å². The molecule has 1 amide bonds.